The molecule has 10 heteroatoms. The lowest BCUT2D eigenvalue weighted by Crippen LogP contribution is -2.39. The molecule has 0 aliphatic heterocycles. The van der Waals surface area contributed by atoms with E-state index >= 15 is 0 Å². The van der Waals surface area contributed by atoms with Crippen molar-refractivity contribution >= 4 is 32.6 Å². The van der Waals surface area contributed by atoms with Crippen molar-refractivity contribution in [3.05, 3.63) is 0 Å². The van der Waals surface area contributed by atoms with Gasteiger partial charge in [-0.2, -0.15) is 16.8 Å². The molecule has 1 aliphatic carbocycles. The van der Waals surface area contributed by atoms with E-state index in [2.05, 4.69) is 4.90 Å². The predicted octanol–water partition coefficient (Wildman–Crippen LogP) is 1.78. The van der Waals surface area contributed by atoms with Crippen LogP contribution in [0.5, 0.6) is 0 Å². The highest BCUT2D eigenvalue weighted by molar-refractivity contribution is 7.86. The van der Waals surface area contributed by atoms with Gasteiger partial charge in [-0.3, -0.25) is 8.37 Å². The Hall–Kier alpha value is 0.0700. The minimum atomic E-state index is -3.39. The van der Waals surface area contributed by atoms with Gasteiger partial charge in [0.2, 0.25) is 0 Å². The summed E-state index contributed by atoms with van der Waals surface area (Å²) in [6.07, 6.45) is 9.33. The third-order valence-electron chi connectivity index (χ3n) is 3.87. The summed E-state index contributed by atoms with van der Waals surface area (Å²) >= 11 is 0. The first-order valence-corrected chi connectivity index (χ1v) is 11.7. The molecule has 0 bridgehead atoms. The van der Waals surface area contributed by atoms with E-state index in [-0.39, 0.29) is 25.6 Å². The molecular weight excluding hydrogens is 378 g/mol. The van der Waals surface area contributed by atoms with Crippen molar-refractivity contribution in [2.75, 3.05) is 38.8 Å². The van der Waals surface area contributed by atoms with Crippen molar-refractivity contribution in [3.63, 3.8) is 0 Å². The lowest BCUT2D eigenvalue weighted by molar-refractivity contribution is 0.136. The van der Waals surface area contributed by atoms with Crippen molar-refractivity contribution in [3.8, 4) is 0 Å². The summed E-state index contributed by atoms with van der Waals surface area (Å²) in [5, 5.41) is 0. The average Bonchev–Trinajstić information content (AvgIpc) is 2.44. The van der Waals surface area contributed by atoms with Gasteiger partial charge in [-0.05, 0) is 25.7 Å². The van der Waals surface area contributed by atoms with Gasteiger partial charge in [0.15, 0.2) is 0 Å². The Bertz CT molecular complexity index is 491. The van der Waals surface area contributed by atoms with Gasteiger partial charge in [-0.1, -0.05) is 19.3 Å². The first kappa shape index (κ1) is 24.1. The summed E-state index contributed by atoms with van der Waals surface area (Å²) in [6, 6.07) is 0.486. The quantitative estimate of drug-likeness (QED) is 0.380. The first-order chi connectivity index (χ1) is 10.7. The van der Waals surface area contributed by atoms with Gasteiger partial charge in [0.05, 0.1) is 25.7 Å². The van der Waals surface area contributed by atoms with Crippen LogP contribution in [0, 0.1) is 0 Å². The van der Waals surface area contributed by atoms with Crippen molar-refractivity contribution in [2.24, 2.45) is 0 Å². The van der Waals surface area contributed by atoms with Gasteiger partial charge in [-0.25, -0.2) is 0 Å². The van der Waals surface area contributed by atoms with Gasteiger partial charge in [0.1, 0.15) is 0 Å². The van der Waals surface area contributed by atoms with Crippen LogP contribution in [0.3, 0.4) is 0 Å². The van der Waals surface area contributed by atoms with Crippen LogP contribution in [-0.2, 0) is 28.6 Å². The molecule has 0 aromatic heterocycles. The van der Waals surface area contributed by atoms with E-state index in [0.29, 0.717) is 18.9 Å². The fraction of sp³-hybridized carbons (Fsp3) is 1.00. The fourth-order valence-corrected chi connectivity index (χ4v) is 3.72. The topological polar surface area (TPSA) is 90.0 Å². The molecule has 0 N–H and O–H groups in total. The predicted molar refractivity (Wildman–Crippen MR) is 96.5 cm³/mol. The summed E-state index contributed by atoms with van der Waals surface area (Å²) in [7, 11) is -6.78. The van der Waals surface area contributed by atoms with Crippen LogP contribution in [0.4, 0.5) is 0 Å². The summed E-state index contributed by atoms with van der Waals surface area (Å²) in [6.45, 7) is 1.86. The molecule has 24 heavy (non-hydrogen) atoms. The Morgan fingerprint density at radius 3 is 1.62 bits per heavy atom. The molecule has 1 aliphatic rings. The van der Waals surface area contributed by atoms with Gasteiger partial charge >= 0.3 is 0 Å². The molecule has 1 fully saturated rings. The molecule has 0 spiro atoms. The molecule has 0 heterocycles. The SMILES string of the molecule is CS(=O)(=O)OCCCN(CCCOS(C)(=O)=O)C1CCCCC1.Cl. The molecule has 1 saturated carbocycles. The number of hydrogen-bond acceptors (Lipinski definition) is 7. The molecule has 0 saturated heterocycles. The monoisotopic (exact) mass is 407 g/mol. The normalized spacial score (nSPS) is 17.0. The smallest absolute Gasteiger partial charge is 0.264 e. The standard InChI is InChI=1S/C14H29NO6S2.ClH/c1-22(16,17)20-12-6-10-15(14-8-4-3-5-9-14)11-7-13-21-23(2,18)19;/h14H,3-13H2,1-2H3;1H. The van der Waals surface area contributed by atoms with E-state index in [4.69, 9.17) is 8.37 Å². The minimum absolute atomic E-state index is 0. The maximum absolute atomic E-state index is 11.0. The fourth-order valence-electron chi connectivity index (χ4n) is 2.88. The van der Waals surface area contributed by atoms with Gasteiger partial charge in [0, 0.05) is 19.1 Å². The van der Waals surface area contributed by atoms with Crippen molar-refractivity contribution in [2.45, 2.75) is 51.0 Å². The van der Waals surface area contributed by atoms with Crippen LogP contribution < -0.4 is 0 Å². The number of halogens is 1. The molecule has 0 amide bonds. The van der Waals surface area contributed by atoms with E-state index in [0.717, 1.165) is 38.4 Å². The first-order valence-electron chi connectivity index (χ1n) is 8.10. The van der Waals surface area contributed by atoms with Gasteiger partial charge < -0.3 is 4.90 Å². The Morgan fingerprint density at radius 2 is 1.25 bits per heavy atom. The van der Waals surface area contributed by atoms with Crippen molar-refractivity contribution in [1.29, 1.82) is 0 Å². The number of rotatable bonds is 11. The summed E-state index contributed by atoms with van der Waals surface area (Å²) in [5.41, 5.74) is 0. The molecule has 0 unspecified atom stereocenters. The zero-order valence-corrected chi connectivity index (χ0v) is 16.9. The number of nitrogens with zero attached hydrogens (tertiary/aromatic N) is 1. The third kappa shape index (κ3) is 12.4. The highest BCUT2D eigenvalue weighted by Crippen LogP contribution is 2.23. The highest BCUT2D eigenvalue weighted by atomic mass is 35.5. The Labute approximate surface area is 152 Å². The van der Waals surface area contributed by atoms with Crippen LogP contribution >= 0.6 is 12.4 Å². The van der Waals surface area contributed by atoms with Crippen LogP contribution in [0.1, 0.15) is 44.9 Å². The lowest BCUT2D eigenvalue weighted by atomic mass is 9.94. The third-order valence-corrected chi connectivity index (χ3v) is 5.05. The second-order valence-corrected chi connectivity index (χ2v) is 9.38. The largest absolute Gasteiger partial charge is 0.300 e. The number of hydrogen-bond donors (Lipinski definition) is 0. The van der Waals surface area contributed by atoms with Gasteiger partial charge in [-0.15, -0.1) is 12.4 Å². The second kappa shape index (κ2) is 11.6. The Kier molecular flexibility index (Phi) is 11.7. The van der Waals surface area contributed by atoms with Crippen molar-refractivity contribution in [1.82, 2.24) is 4.90 Å². The van der Waals surface area contributed by atoms with E-state index < -0.39 is 20.2 Å². The molecule has 0 atom stereocenters. The zero-order valence-electron chi connectivity index (χ0n) is 14.5. The highest BCUT2D eigenvalue weighted by Gasteiger charge is 2.20. The van der Waals surface area contributed by atoms with E-state index in [1.165, 1.54) is 19.3 Å². The van der Waals surface area contributed by atoms with E-state index in [9.17, 15) is 16.8 Å². The molecule has 0 aromatic rings. The molecular formula is C14H30ClNO6S2. The van der Waals surface area contributed by atoms with Gasteiger partial charge in [0.25, 0.3) is 20.2 Å². The van der Waals surface area contributed by atoms with Crippen molar-refractivity contribution < 1.29 is 25.2 Å². The van der Waals surface area contributed by atoms with Crippen LogP contribution in [-0.4, -0.2) is 66.6 Å². The van der Waals surface area contributed by atoms with Crippen LogP contribution in [0.25, 0.3) is 0 Å². The summed E-state index contributed by atoms with van der Waals surface area (Å²) < 4.78 is 53.5. The summed E-state index contributed by atoms with van der Waals surface area (Å²) in [4.78, 5) is 2.32. The second-order valence-electron chi connectivity index (χ2n) is 6.09. The minimum Gasteiger partial charge on any atom is -0.300 e. The maximum Gasteiger partial charge on any atom is 0.264 e. The zero-order chi connectivity index (χ0) is 17.3. The van der Waals surface area contributed by atoms with Crippen LogP contribution in [0.2, 0.25) is 0 Å². The molecule has 1 rings (SSSR count). The maximum atomic E-state index is 11.0. The average molecular weight is 408 g/mol. The molecule has 0 aromatic carbocycles. The molecule has 0 radical (unpaired) electrons. The Balaban J connectivity index is 0.00000529. The van der Waals surface area contributed by atoms with E-state index in [1.807, 2.05) is 0 Å². The Morgan fingerprint density at radius 1 is 0.833 bits per heavy atom. The molecule has 146 valence electrons. The molecule has 7 nitrogen and oxygen atoms in total. The summed E-state index contributed by atoms with van der Waals surface area (Å²) in [5.74, 6) is 0. The van der Waals surface area contributed by atoms with E-state index in [1.54, 1.807) is 0 Å². The lowest BCUT2D eigenvalue weighted by Gasteiger charge is -2.34. The van der Waals surface area contributed by atoms with Crippen LogP contribution in [0.15, 0.2) is 0 Å².